The van der Waals surface area contributed by atoms with Gasteiger partial charge in [0.2, 0.25) is 0 Å². The lowest BCUT2D eigenvalue weighted by Gasteiger charge is -2.12. The van der Waals surface area contributed by atoms with Crippen LogP contribution in [0.2, 0.25) is 0 Å². The number of hydrogen-bond acceptors (Lipinski definition) is 4. The number of nitrogens with zero attached hydrogens (tertiary/aromatic N) is 1. The summed E-state index contributed by atoms with van der Waals surface area (Å²) in [6.07, 6.45) is 0.587. The van der Waals surface area contributed by atoms with Crippen molar-refractivity contribution < 1.29 is 27.8 Å². The molecule has 0 spiro atoms. The van der Waals surface area contributed by atoms with Crippen molar-refractivity contribution in [2.75, 3.05) is 12.3 Å². The number of nitrogens with two attached hydrogens (primary N) is 1. The Morgan fingerprint density at radius 1 is 1.30 bits per heavy atom. The summed E-state index contributed by atoms with van der Waals surface area (Å²) >= 11 is 0. The minimum Gasteiger partial charge on any atom is -0.491 e. The summed E-state index contributed by atoms with van der Waals surface area (Å²) < 4.78 is 47.5. The second-order valence-electron chi connectivity index (χ2n) is 4.64. The van der Waals surface area contributed by atoms with E-state index < -0.39 is 46.1 Å². The molecule has 122 valence electrons. The number of aromatic carboxylic acids is 1. The zero-order chi connectivity index (χ0) is 17.1. The fourth-order valence-corrected chi connectivity index (χ4v) is 1.92. The second kappa shape index (κ2) is 6.55. The van der Waals surface area contributed by atoms with E-state index in [1.165, 1.54) is 0 Å². The molecular weight excluding hydrogens is 313 g/mol. The molecule has 0 amide bonds. The van der Waals surface area contributed by atoms with Crippen molar-refractivity contribution in [1.29, 1.82) is 0 Å². The highest BCUT2D eigenvalue weighted by molar-refractivity contribution is 5.92. The Morgan fingerprint density at radius 3 is 2.61 bits per heavy atom. The molecule has 0 aliphatic carbocycles. The maximum atomic E-state index is 14.4. The fraction of sp³-hybridized carbons (Fsp3) is 0.200. The largest absolute Gasteiger partial charge is 0.491 e. The van der Waals surface area contributed by atoms with Gasteiger partial charge < -0.3 is 15.6 Å². The van der Waals surface area contributed by atoms with Crippen LogP contribution in [0.15, 0.2) is 18.2 Å². The number of hydrogen-bond donors (Lipinski definition) is 2. The van der Waals surface area contributed by atoms with Gasteiger partial charge in [-0.15, -0.1) is 0 Å². The number of carboxylic acid groups (broad SMARTS) is 1. The Labute approximate surface area is 129 Å². The molecule has 0 radical (unpaired) electrons. The van der Waals surface area contributed by atoms with Crippen molar-refractivity contribution in [3.8, 4) is 17.0 Å². The van der Waals surface area contributed by atoms with Gasteiger partial charge in [0.05, 0.1) is 17.9 Å². The Balaban J connectivity index is 2.66. The number of carboxylic acids is 1. The third-order valence-electron chi connectivity index (χ3n) is 2.96. The normalized spacial score (nSPS) is 10.6. The smallest absolute Gasteiger partial charge is 0.356 e. The SMILES string of the molecule is CCCOc1ccc(F)c(-c2nc(C(=O)O)c(N)cc2F)c1F. The van der Waals surface area contributed by atoms with Crippen molar-refractivity contribution in [3.05, 3.63) is 41.3 Å². The first-order chi connectivity index (χ1) is 10.9. The number of rotatable bonds is 5. The zero-order valence-corrected chi connectivity index (χ0v) is 12.1. The van der Waals surface area contributed by atoms with Gasteiger partial charge in [0.15, 0.2) is 23.1 Å². The molecule has 0 saturated carbocycles. The lowest BCUT2D eigenvalue weighted by Crippen LogP contribution is -2.09. The minimum absolute atomic E-state index is 0.181. The van der Waals surface area contributed by atoms with E-state index in [0.717, 1.165) is 12.1 Å². The highest BCUT2D eigenvalue weighted by Crippen LogP contribution is 2.33. The van der Waals surface area contributed by atoms with Gasteiger partial charge >= 0.3 is 5.97 Å². The van der Waals surface area contributed by atoms with Crippen LogP contribution in [-0.2, 0) is 0 Å². The molecule has 2 rings (SSSR count). The van der Waals surface area contributed by atoms with Crippen LogP contribution in [0, 0.1) is 17.5 Å². The van der Waals surface area contributed by atoms with E-state index in [2.05, 4.69) is 4.98 Å². The molecule has 23 heavy (non-hydrogen) atoms. The molecule has 1 aromatic heterocycles. The van der Waals surface area contributed by atoms with Gasteiger partial charge in [0.1, 0.15) is 11.5 Å². The van der Waals surface area contributed by atoms with Crippen LogP contribution in [-0.4, -0.2) is 22.7 Å². The molecule has 0 atom stereocenters. The minimum atomic E-state index is -1.54. The monoisotopic (exact) mass is 326 g/mol. The number of aromatic nitrogens is 1. The summed E-state index contributed by atoms with van der Waals surface area (Å²) in [6, 6.07) is 2.61. The average molecular weight is 326 g/mol. The van der Waals surface area contributed by atoms with E-state index in [1.54, 1.807) is 6.92 Å². The molecule has 1 aromatic carbocycles. The summed E-state index contributed by atoms with van der Waals surface area (Å²) in [4.78, 5) is 14.5. The Bertz CT molecular complexity index is 766. The Hall–Kier alpha value is -2.77. The van der Waals surface area contributed by atoms with E-state index in [9.17, 15) is 18.0 Å². The van der Waals surface area contributed by atoms with Gasteiger partial charge in [-0.3, -0.25) is 0 Å². The van der Waals surface area contributed by atoms with Gasteiger partial charge in [-0.2, -0.15) is 0 Å². The summed E-state index contributed by atoms with van der Waals surface area (Å²) in [5, 5.41) is 8.96. The number of benzene rings is 1. The Kier molecular flexibility index (Phi) is 4.73. The van der Waals surface area contributed by atoms with Crippen LogP contribution >= 0.6 is 0 Å². The van der Waals surface area contributed by atoms with E-state index >= 15 is 0 Å². The third kappa shape index (κ3) is 3.20. The molecule has 2 aromatic rings. The summed E-state index contributed by atoms with van der Waals surface area (Å²) in [5.41, 5.74) is 2.61. The van der Waals surface area contributed by atoms with Crippen LogP contribution < -0.4 is 10.5 Å². The van der Waals surface area contributed by atoms with Crippen LogP contribution in [0.4, 0.5) is 18.9 Å². The highest BCUT2D eigenvalue weighted by Gasteiger charge is 2.24. The molecule has 8 heteroatoms. The molecule has 3 N–H and O–H groups in total. The average Bonchev–Trinajstić information content (AvgIpc) is 2.48. The molecule has 5 nitrogen and oxygen atoms in total. The quantitative estimate of drug-likeness (QED) is 0.881. The van der Waals surface area contributed by atoms with Crippen LogP contribution in [0.1, 0.15) is 23.8 Å². The molecule has 0 bridgehead atoms. The molecular formula is C15H13F3N2O3. The molecule has 0 aliphatic heterocycles. The summed E-state index contributed by atoms with van der Waals surface area (Å²) in [7, 11) is 0. The van der Waals surface area contributed by atoms with Crippen molar-refractivity contribution >= 4 is 11.7 Å². The first kappa shape index (κ1) is 16.6. The van der Waals surface area contributed by atoms with Gasteiger partial charge in [-0.25, -0.2) is 22.9 Å². The number of anilines is 1. The van der Waals surface area contributed by atoms with Crippen molar-refractivity contribution in [2.24, 2.45) is 0 Å². The maximum Gasteiger partial charge on any atom is 0.356 e. The lowest BCUT2D eigenvalue weighted by atomic mass is 10.1. The van der Waals surface area contributed by atoms with Crippen LogP contribution in [0.5, 0.6) is 5.75 Å². The standard InChI is InChI=1S/C15H13F3N2O3/c1-2-5-23-10-4-3-7(16)11(12(10)18)13-8(17)6-9(19)14(20-13)15(21)22/h3-4,6H,2,5,19H2,1H3,(H,21,22). The fourth-order valence-electron chi connectivity index (χ4n) is 1.92. The van der Waals surface area contributed by atoms with E-state index in [1.807, 2.05) is 0 Å². The first-order valence-corrected chi connectivity index (χ1v) is 6.67. The highest BCUT2D eigenvalue weighted by atomic mass is 19.1. The number of carbonyl (C=O) groups is 1. The van der Waals surface area contributed by atoms with Crippen LogP contribution in [0.3, 0.4) is 0 Å². The van der Waals surface area contributed by atoms with Gasteiger partial charge in [0.25, 0.3) is 0 Å². The van der Waals surface area contributed by atoms with E-state index in [-0.39, 0.29) is 12.4 Å². The number of nitrogen functional groups attached to an aromatic ring is 1. The molecule has 0 aliphatic rings. The summed E-state index contributed by atoms with van der Waals surface area (Å²) in [6.45, 7) is 1.97. The third-order valence-corrected chi connectivity index (χ3v) is 2.96. The van der Waals surface area contributed by atoms with Gasteiger partial charge in [-0.1, -0.05) is 6.92 Å². The summed E-state index contributed by atoms with van der Waals surface area (Å²) in [5.74, 6) is -5.22. The molecule has 0 saturated heterocycles. The lowest BCUT2D eigenvalue weighted by molar-refractivity contribution is 0.0692. The second-order valence-corrected chi connectivity index (χ2v) is 4.64. The number of pyridine rings is 1. The first-order valence-electron chi connectivity index (χ1n) is 6.67. The van der Waals surface area contributed by atoms with E-state index in [0.29, 0.717) is 12.5 Å². The van der Waals surface area contributed by atoms with Gasteiger partial charge in [-0.05, 0) is 18.6 Å². The van der Waals surface area contributed by atoms with E-state index in [4.69, 9.17) is 15.6 Å². The van der Waals surface area contributed by atoms with Crippen LogP contribution in [0.25, 0.3) is 11.3 Å². The predicted molar refractivity (Wildman–Crippen MR) is 76.7 cm³/mol. The zero-order valence-electron chi connectivity index (χ0n) is 12.1. The predicted octanol–water partition coefficient (Wildman–Crippen LogP) is 3.24. The van der Waals surface area contributed by atoms with Crippen molar-refractivity contribution in [2.45, 2.75) is 13.3 Å². The number of halogens is 3. The molecule has 0 fully saturated rings. The molecule has 0 unspecified atom stereocenters. The van der Waals surface area contributed by atoms with Crippen molar-refractivity contribution in [1.82, 2.24) is 4.98 Å². The van der Waals surface area contributed by atoms with Crippen molar-refractivity contribution in [3.63, 3.8) is 0 Å². The molecule has 1 heterocycles. The number of ether oxygens (including phenoxy) is 1. The Morgan fingerprint density at radius 2 is 2.00 bits per heavy atom. The topological polar surface area (TPSA) is 85.4 Å². The van der Waals surface area contributed by atoms with Gasteiger partial charge in [0, 0.05) is 6.07 Å². The maximum absolute atomic E-state index is 14.4.